The van der Waals surface area contributed by atoms with Crippen LogP contribution in [0.5, 0.6) is 0 Å². The molecule has 1 aromatic carbocycles. The summed E-state index contributed by atoms with van der Waals surface area (Å²) in [7, 11) is 0. The normalized spacial score (nSPS) is 20.1. The average molecular weight is 328 g/mol. The molecule has 24 heavy (non-hydrogen) atoms. The van der Waals surface area contributed by atoms with Gasteiger partial charge in [-0.15, -0.1) is 0 Å². The number of carbonyl (C=O) groups is 2. The van der Waals surface area contributed by atoms with Gasteiger partial charge in [0, 0.05) is 26.1 Å². The van der Waals surface area contributed by atoms with Gasteiger partial charge in [0.15, 0.2) is 0 Å². The highest BCUT2D eigenvalue weighted by Gasteiger charge is 2.51. The van der Waals surface area contributed by atoms with E-state index >= 15 is 0 Å². The fraction of sp³-hybridized carbons (Fsp3) is 0.600. The molecule has 0 unspecified atom stereocenters. The Bertz CT molecular complexity index is 629. The second-order valence-corrected chi connectivity index (χ2v) is 7.72. The van der Waals surface area contributed by atoms with Gasteiger partial charge in [-0.1, -0.05) is 36.2 Å². The van der Waals surface area contributed by atoms with Crippen LogP contribution in [-0.2, 0) is 15.0 Å². The maximum absolute atomic E-state index is 12.8. The first-order chi connectivity index (χ1) is 11.4. The second kappa shape index (κ2) is 6.58. The topological polar surface area (TPSA) is 49.4 Å². The molecular formula is C20H28N2O2. The van der Waals surface area contributed by atoms with Gasteiger partial charge in [-0.3, -0.25) is 9.59 Å². The van der Waals surface area contributed by atoms with Gasteiger partial charge in [0.05, 0.1) is 5.41 Å². The molecule has 1 heterocycles. The predicted octanol–water partition coefficient (Wildman–Crippen LogP) is 2.71. The summed E-state index contributed by atoms with van der Waals surface area (Å²) in [5.74, 6) is 0.681. The zero-order valence-electron chi connectivity index (χ0n) is 15.0. The summed E-state index contributed by atoms with van der Waals surface area (Å²) in [6.45, 7) is 8.51. The fourth-order valence-electron chi connectivity index (χ4n) is 3.80. The van der Waals surface area contributed by atoms with Gasteiger partial charge >= 0.3 is 0 Å². The number of hydrogen-bond acceptors (Lipinski definition) is 2. The van der Waals surface area contributed by atoms with Crippen LogP contribution in [0.2, 0.25) is 0 Å². The lowest BCUT2D eigenvalue weighted by Gasteiger charge is -2.23. The highest BCUT2D eigenvalue weighted by Crippen LogP contribution is 2.48. The average Bonchev–Trinajstić information content (AvgIpc) is 3.24. The largest absolute Gasteiger partial charge is 0.355 e. The van der Waals surface area contributed by atoms with Crippen LogP contribution in [0.25, 0.3) is 0 Å². The molecular weight excluding hydrogens is 300 g/mol. The third-order valence-electron chi connectivity index (χ3n) is 5.27. The van der Waals surface area contributed by atoms with E-state index in [0.29, 0.717) is 13.0 Å². The van der Waals surface area contributed by atoms with Gasteiger partial charge in [0.25, 0.3) is 0 Å². The Kier molecular flexibility index (Phi) is 4.66. The van der Waals surface area contributed by atoms with E-state index in [-0.39, 0.29) is 23.1 Å². The zero-order valence-corrected chi connectivity index (χ0v) is 15.0. The van der Waals surface area contributed by atoms with Crippen LogP contribution in [-0.4, -0.2) is 36.3 Å². The van der Waals surface area contributed by atoms with Crippen molar-refractivity contribution >= 4 is 11.8 Å². The van der Waals surface area contributed by atoms with Crippen molar-refractivity contribution in [1.29, 1.82) is 0 Å². The number of carbonyl (C=O) groups excluding carboxylic acids is 2. The summed E-state index contributed by atoms with van der Waals surface area (Å²) in [6, 6.07) is 6.43. The van der Waals surface area contributed by atoms with Crippen LogP contribution in [0.4, 0.5) is 0 Å². The van der Waals surface area contributed by atoms with Crippen molar-refractivity contribution in [2.45, 2.75) is 51.9 Å². The van der Waals surface area contributed by atoms with Crippen molar-refractivity contribution in [3.05, 3.63) is 34.9 Å². The van der Waals surface area contributed by atoms with Crippen molar-refractivity contribution < 1.29 is 9.59 Å². The van der Waals surface area contributed by atoms with E-state index in [2.05, 4.69) is 44.3 Å². The maximum atomic E-state index is 12.8. The number of amides is 2. The molecule has 1 aromatic rings. The number of likely N-dealkylation sites (tertiary alicyclic amines) is 1. The molecule has 2 amide bonds. The Morgan fingerprint density at radius 1 is 1.25 bits per heavy atom. The fourth-order valence-corrected chi connectivity index (χ4v) is 3.80. The monoisotopic (exact) mass is 328 g/mol. The Labute approximate surface area is 144 Å². The molecule has 1 aliphatic heterocycles. The summed E-state index contributed by atoms with van der Waals surface area (Å²) in [5, 5.41) is 3.13. The summed E-state index contributed by atoms with van der Waals surface area (Å²) in [5.41, 5.74) is 3.26. The summed E-state index contributed by atoms with van der Waals surface area (Å²) < 4.78 is 0. The minimum atomic E-state index is -0.319. The van der Waals surface area contributed by atoms with Gasteiger partial charge in [0.1, 0.15) is 0 Å². The molecule has 130 valence electrons. The van der Waals surface area contributed by atoms with Gasteiger partial charge in [-0.2, -0.15) is 0 Å². The highest BCUT2D eigenvalue weighted by molar-refractivity contribution is 5.91. The summed E-state index contributed by atoms with van der Waals surface area (Å²) in [4.78, 5) is 26.4. The Morgan fingerprint density at radius 2 is 1.92 bits per heavy atom. The zero-order chi connectivity index (χ0) is 17.3. The van der Waals surface area contributed by atoms with Crippen LogP contribution in [0.15, 0.2) is 18.2 Å². The van der Waals surface area contributed by atoms with Crippen LogP contribution in [0, 0.1) is 19.8 Å². The molecule has 3 rings (SSSR count). The lowest BCUT2D eigenvalue weighted by molar-refractivity contribution is -0.128. The molecule has 0 aromatic heterocycles. The van der Waals surface area contributed by atoms with Crippen LogP contribution in [0.1, 0.15) is 49.3 Å². The number of rotatable bonds is 6. The Balaban J connectivity index is 1.57. The molecule has 2 fully saturated rings. The maximum Gasteiger partial charge on any atom is 0.230 e. The minimum absolute atomic E-state index is 0.145. The number of aryl methyl sites for hydroxylation is 2. The molecule has 1 aliphatic carbocycles. The Morgan fingerprint density at radius 3 is 2.46 bits per heavy atom. The number of nitrogens with one attached hydrogen (secondary N) is 1. The molecule has 0 bridgehead atoms. The molecule has 4 nitrogen and oxygen atoms in total. The number of hydrogen-bond donors (Lipinski definition) is 1. The smallest absolute Gasteiger partial charge is 0.230 e. The molecule has 2 aliphatic rings. The van der Waals surface area contributed by atoms with E-state index in [1.165, 1.54) is 11.1 Å². The molecule has 1 atom stereocenters. The first-order valence-electron chi connectivity index (χ1n) is 9.05. The van der Waals surface area contributed by atoms with Crippen molar-refractivity contribution in [2.24, 2.45) is 5.92 Å². The quantitative estimate of drug-likeness (QED) is 0.873. The van der Waals surface area contributed by atoms with E-state index in [1.54, 1.807) is 0 Å². The molecule has 1 N–H and O–H groups in total. The summed E-state index contributed by atoms with van der Waals surface area (Å²) in [6.07, 6.45) is 3.50. The SMILES string of the molecule is Cc1cc(C)cc(C2(C(=O)NC[C@@H](C)CN3CCCC3=O)CC2)c1. The lowest BCUT2D eigenvalue weighted by Crippen LogP contribution is -2.40. The molecule has 0 radical (unpaired) electrons. The van der Waals surface area contributed by atoms with Crippen molar-refractivity contribution in [1.82, 2.24) is 10.2 Å². The molecule has 1 saturated carbocycles. The van der Waals surface area contributed by atoms with Crippen LogP contribution in [0.3, 0.4) is 0 Å². The number of nitrogens with zero attached hydrogens (tertiary/aromatic N) is 1. The third-order valence-corrected chi connectivity index (χ3v) is 5.27. The van der Waals surface area contributed by atoms with Crippen LogP contribution < -0.4 is 5.32 Å². The summed E-state index contributed by atoms with van der Waals surface area (Å²) >= 11 is 0. The molecule has 4 heteroatoms. The first kappa shape index (κ1) is 17.0. The van der Waals surface area contributed by atoms with Crippen molar-refractivity contribution in [3.63, 3.8) is 0 Å². The van der Waals surface area contributed by atoms with Gasteiger partial charge < -0.3 is 10.2 Å². The van der Waals surface area contributed by atoms with Crippen molar-refractivity contribution in [3.8, 4) is 0 Å². The van der Waals surface area contributed by atoms with E-state index in [0.717, 1.165) is 37.9 Å². The Hall–Kier alpha value is -1.84. The standard InChI is InChI=1S/C20H28N2O2/c1-14-9-15(2)11-17(10-14)20(6-7-20)19(24)21-12-16(3)13-22-8-4-5-18(22)23/h9-11,16H,4-8,12-13H2,1-3H3,(H,21,24)/t16-/m1/s1. The lowest BCUT2D eigenvalue weighted by atomic mass is 9.92. The van der Waals surface area contributed by atoms with Crippen molar-refractivity contribution in [2.75, 3.05) is 19.6 Å². The highest BCUT2D eigenvalue weighted by atomic mass is 16.2. The minimum Gasteiger partial charge on any atom is -0.355 e. The second-order valence-electron chi connectivity index (χ2n) is 7.72. The van der Waals surface area contributed by atoms with E-state index < -0.39 is 0 Å². The number of benzene rings is 1. The van der Waals surface area contributed by atoms with Gasteiger partial charge in [-0.25, -0.2) is 0 Å². The third kappa shape index (κ3) is 3.47. The van der Waals surface area contributed by atoms with E-state index in [4.69, 9.17) is 0 Å². The van der Waals surface area contributed by atoms with Gasteiger partial charge in [0.2, 0.25) is 11.8 Å². The first-order valence-corrected chi connectivity index (χ1v) is 9.05. The van der Waals surface area contributed by atoms with E-state index in [9.17, 15) is 9.59 Å². The van der Waals surface area contributed by atoms with Gasteiger partial charge in [-0.05, 0) is 44.6 Å². The van der Waals surface area contributed by atoms with Crippen LogP contribution >= 0.6 is 0 Å². The van der Waals surface area contributed by atoms with E-state index in [1.807, 2.05) is 4.90 Å². The predicted molar refractivity (Wildman–Crippen MR) is 94.8 cm³/mol. The molecule has 0 spiro atoms. The molecule has 1 saturated heterocycles.